The first-order valence-corrected chi connectivity index (χ1v) is 14.7. The van der Waals surface area contributed by atoms with E-state index in [2.05, 4.69) is 57.1 Å². The van der Waals surface area contributed by atoms with Crippen LogP contribution in [-0.2, 0) is 14.3 Å². The van der Waals surface area contributed by atoms with Crippen molar-refractivity contribution in [1.82, 2.24) is 4.90 Å². The highest BCUT2D eigenvalue weighted by atomic mass is 16.6. The monoisotopic (exact) mass is 557 g/mol. The third kappa shape index (κ3) is 4.28. The zero-order chi connectivity index (χ0) is 29.7. The maximum atomic E-state index is 14.2. The minimum absolute atomic E-state index is 0.187. The number of fused-ring (bicyclic) bond motifs is 3. The molecule has 0 radical (unpaired) electrons. The van der Waals surface area contributed by atoms with Crippen LogP contribution in [0, 0.1) is 10.8 Å². The van der Waals surface area contributed by atoms with Crippen LogP contribution < -0.4 is 0 Å². The van der Waals surface area contributed by atoms with Crippen molar-refractivity contribution in [2.24, 2.45) is 10.8 Å². The van der Waals surface area contributed by atoms with E-state index in [1.165, 1.54) is 5.57 Å². The van der Waals surface area contributed by atoms with Crippen LogP contribution in [0.2, 0.25) is 0 Å². The lowest BCUT2D eigenvalue weighted by Crippen LogP contribution is -2.53. The first kappa shape index (κ1) is 28.7. The first-order chi connectivity index (χ1) is 19.5. The van der Waals surface area contributed by atoms with Crippen LogP contribution in [0.15, 0.2) is 82.7 Å². The van der Waals surface area contributed by atoms with Gasteiger partial charge in [-0.3, -0.25) is 4.79 Å². The highest BCUT2D eigenvalue weighted by Gasteiger charge is 2.64. The molecule has 2 aliphatic heterocycles. The third-order valence-electron chi connectivity index (χ3n) is 9.37. The quantitative estimate of drug-likeness (QED) is 0.319. The highest BCUT2D eigenvalue weighted by molar-refractivity contribution is 6.04. The van der Waals surface area contributed by atoms with Crippen molar-refractivity contribution in [3.05, 3.63) is 93.8 Å². The Kier molecular flexibility index (Phi) is 7.35. The Morgan fingerprint density at radius 3 is 2.37 bits per heavy atom. The van der Waals surface area contributed by atoms with Crippen LogP contribution >= 0.6 is 0 Å². The van der Waals surface area contributed by atoms with E-state index < -0.39 is 28.7 Å². The number of carbonyl (C=O) groups excluding carboxylic acids is 1. The Hall–Kier alpha value is -3.87. The average Bonchev–Trinajstić information content (AvgIpc) is 2.94. The molecule has 3 atom stereocenters. The number of aromatic carboxylic acids is 1. The van der Waals surface area contributed by atoms with Crippen LogP contribution in [0.4, 0.5) is 0 Å². The molecule has 5 rings (SSSR count). The number of carboxylic acid groups (broad SMARTS) is 1. The molecule has 2 aliphatic carbocycles. The van der Waals surface area contributed by atoms with Crippen LogP contribution in [0.25, 0.3) is 0 Å². The number of rotatable bonds is 7. The normalized spacial score (nSPS) is 26.8. The van der Waals surface area contributed by atoms with E-state index in [1.54, 1.807) is 12.1 Å². The van der Waals surface area contributed by atoms with Gasteiger partial charge in [-0.05, 0) is 71.2 Å². The predicted molar refractivity (Wildman–Crippen MR) is 158 cm³/mol. The number of esters is 1. The number of hydrogen-bond acceptors (Lipinski definition) is 5. The second-order valence-corrected chi connectivity index (χ2v) is 11.6. The molecule has 0 amide bonds. The number of ether oxygens (including phenoxy) is 2. The molecule has 7 heteroatoms. The van der Waals surface area contributed by atoms with Crippen LogP contribution in [0.3, 0.4) is 0 Å². The number of benzene rings is 1. The van der Waals surface area contributed by atoms with Crippen molar-refractivity contribution in [2.45, 2.75) is 60.8 Å². The number of carboxylic acids is 1. The molecule has 3 unspecified atom stereocenters. The molecular weight excluding hydrogens is 516 g/mol. The summed E-state index contributed by atoms with van der Waals surface area (Å²) in [5.41, 5.74) is 2.84. The summed E-state index contributed by atoms with van der Waals surface area (Å²) >= 11 is 0. The summed E-state index contributed by atoms with van der Waals surface area (Å²) in [4.78, 5) is 29.1. The Morgan fingerprint density at radius 2 is 1.73 bits per heavy atom. The van der Waals surface area contributed by atoms with E-state index in [-0.39, 0.29) is 5.56 Å². The molecule has 41 heavy (non-hydrogen) atoms. The third-order valence-corrected chi connectivity index (χ3v) is 9.37. The zero-order valence-electron chi connectivity index (χ0n) is 25.2. The Bertz CT molecular complexity index is 1500. The SMILES string of the molecule is CCN(CC)C1=C(C)CC2(C)C(=C1)OC1=C3C=CC(=[N+](CC)CC)C=C3OC(=O)C1(C)C2c1ccccc1C(=O)O. The standard InChI is InChI=1S/C34H40N2O5/c1-8-35(9-2)22-16-17-25-27(18-22)40-32(39)34(7)29(23-14-12-13-15-24(23)31(37)38)33(6)20-21(5)26(36(10-3)11-4)19-28(33)41-30(25)34/h12-19,29H,8-11,20H2,1-7H3/p+1. The Morgan fingerprint density at radius 1 is 1.05 bits per heavy atom. The molecule has 2 heterocycles. The molecule has 216 valence electrons. The molecule has 7 nitrogen and oxygen atoms in total. The summed E-state index contributed by atoms with van der Waals surface area (Å²) in [6, 6.07) is 7.04. The van der Waals surface area contributed by atoms with Gasteiger partial charge in [-0.15, -0.1) is 0 Å². The number of carbonyl (C=O) groups is 2. The minimum atomic E-state index is -1.26. The molecule has 0 saturated carbocycles. The van der Waals surface area contributed by atoms with E-state index in [9.17, 15) is 14.7 Å². The summed E-state index contributed by atoms with van der Waals surface area (Å²) in [7, 11) is 0. The van der Waals surface area contributed by atoms with Gasteiger partial charge in [0.15, 0.2) is 0 Å². The van der Waals surface area contributed by atoms with Crippen LogP contribution in [-0.4, -0.2) is 58.4 Å². The maximum absolute atomic E-state index is 14.2. The molecule has 4 aliphatic rings. The van der Waals surface area contributed by atoms with Gasteiger partial charge in [0.1, 0.15) is 35.8 Å². The van der Waals surface area contributed by atoms with Crippen molar-refractivity contribution in [1.29, 1.82) is 0 Å². The lowest BCUT2D eigenvalue weighted by Gasteiger charge is -2.55. The molecule has 0 spiro atoms. The van der Waals surface area contributed by atoms with Gasteiger partial charge in [0, 0.05) is 42.3 Å². The molecule has 1 aromatic carbocycles. The smallest absolute Gasteiger partial charge is 0.335 e. The van der Waals surface area contributed by atoms with E-state index in [0.29, 0.717) is 23.5 Å². The van der Waals surface area contributed by atoms with Gasteiger partial charge in [-0.25, -0.2) is 9.37 Å². The topological polar surface area (TPSA) is 79.1 Å². The van der Waals surface area contributed by atoms with Gasteiger partial charge in [-0.2, -0.15) is 0 Å². The lowest BCUT2D eigenvalue weighted by atomic mass is 9.53. The van der Waals surface area contributed by atoms with Gasteiger partial charge in [-0.1, -0.05) is 25.1 Å². The molecule has 1 saturated heterocycles. The number of likely N-dealkylation sites (N-methyl/N-ethyl adjacent to an activating group) is 1. The number of nitrogens with zero attached hydrogens (tertiary/aromatic N) is 2. The Labute approximate surface area is 242 Å². The molecule has 1 fully saturated rings. The average molecular weight is 558 g/mol. The van der Waals surface area contributed by atoms with Gasteiger partial charge in [0.05, 0.1) is 17.2 Å². The second-order valence-electron chi connectivity index (χ2n) is 11.6. The number of hydrogen-bond donors (Lipinski definition) is 1. The maximum Gasteiger partial charge on any atom is 0.335 e. The Balaban J connectivity index is 1.81. The van der Waals surface area contributed by atoms with E-state index in [4.69, 9.17) is 9.47 Å². The number of allylic oxidation sites excluding steroid dienone is 6. The van der Waals surface area contributed by atoms with Crippen molar-refractivity contribution in [3.63, 3.8) is 0 Å². The van der Waals surface area contributed by atoms with Gasteiger partial charge in [0.25, 0.3) is 0 Å². The van der Waals surface area contributed by atoms with Crippen molar-refractivity contribution >= 4 is 17.7 Å². The fourth-order valence-corrected chi connectivity index (χ4v) is 7.36. The van der Waals surface area contributed by atoms with Crippen LogP contribution in [0.5, 0.6) is 0 Å². The fraction of sp³-hybridized carbons (Fsp3) is 0.441. The van der Waals surface area contributed by atoms with Crippen molar-refractivity contribution < 1.29 is 28.7 Å². The van der Waals surface area contributed by atoms with Gasteiger partial charge >= 0.3 is 11.9 Å². The lowest BCUT2D eigenvalue weighted by molar-refractivity contribution is -0.519. The minimum Gasteiger partial charge on any atom is -0.478 e. The van der Waals surface area contributed by atoms with E-state index in [0.717, 1.165) is 48.9 Å². The molecule has 0 aromatic heterocycles. The van der Waals surface area contributed by atoms with Crippen molar-refractivity contribution in [3.8, 4) is 0 Å². The zero-order valence-corrected chi connectivity index (χ0v) is 25.2. The largest absolute Gasteiger partial charge is 0.478 e. The predicted octanol–water partition coefficient (Wildman–Crippen LogP) is 6.17. The fourth-order valence-electron chi connectivity index (χ4n) is 7.36. The van der Waals surface area contributed by atoms with E-state index >= 15 is 0 Å². The summed E-state index contributed by atoms with van der Waals surface area (Å²) in [5, 5.41) is 10.3. The first-order valence-electron chi connectivity index (χ1n) is 14.7. The van der Waals surface area contributed by atoms with E-state index in [1.807, 2.05) is 37.3 Å². The summed E-state index contributed by atoms with van der Waals surface area (Å²) < 4.78 is 15.2. The summed E-state index contributed by atoms with van der Waals surface area (Å²) in [5.74, 6) is -0.273. The summed E-state index contributed by atoms with van der Waals surface area (Å²) in [6.45, 7) is 17.9. The van der Waals surface area contributed by atoms with Crippen LogP contribution in [0.1, 0.15) is 76.7 Å². The summed E-state index contributed by atoms with van der Waals surface area (Å²) in [6.07, 6.45) is 8.65. The van der Waals surface area contributed by atoms with Crippen molar-refractivity contribution in [2.75, 3.05) is 26.2 Å². The van der Waals surface area contributed by atoms with Gasteiger partial charge in [0.2, 0.25) is 5.71 Å². The molecule has 1 aromatic rings. The second kappa shape index (κ2) is 10.5. The molecule has 1 N–H and O–H groups in total. The molecular formula is C34H41N2O5+. The van der Waals surface area contributed by atoms with Gasteiger partial charge < -0.3 is 19.5 Å². The molecule has 0 bridgehead atoms. The highest BCUT2D eigenvalue weighted by Crippen LogP contribution is 2.66.